The number of carbonyl (C=O) groups is 1. The lowest BCUT2D eigenvalue weighted by Crippen LogP contribution is -2.39. The highest BCUT2D eigenvalue weighted by atomic mass is 35.5. The van der Waals surface area contributed by atoms with Crippen LogP contribution in [0.2, 0.25) is 5.02 Å². The van der Waals surface area contributed by atoms with Crippen molar-refractivity contribution in [3.8, 4) is 5.75 Å². The van der Waals surface area contributed by atoms with Crippen molar-refractivity contribution in [3.63, 3.8) is 0 Å². The first-order valence-corrected chi connectivity index (χ1v) is 13.4. The second-order valence-electron chi connectivity index (χ2n) is 8.70. The molecule has 3 aromatic carbocycles. The molecule has 0 bridgehead atoms. The number of carbonyl (C=O) groups excluding carboxylic acids is 1. The Morgan fingerprint density at radius 2 is 1.76 bits per heavy atom. The van der Waals surface area contributed by atoms with Gasteiger partial charge in [0, 0.05) is 5.02 Å². The number of thiazole rings is 1. The van der Waals surface area contributed by atoms with E-state index in [1.807, 2.05) is 84.9 Å². The lowest BCUT2D eigenvalue weighted by atomic mass is 9.96. The molecule has 0 fully saturated rings. The lowest BCUT2D eigenvalue weighted by molar-refractivity contribution is -0.139. The van der Waals surface area contributed by atoms with Gasteiger partial charge < -0.3 is 9.47 Å². The van der Waals surface area contributed by atoms with Gasteiger partial charge in [0.25, 0.3) is 5.56 Å². The summed E-state index contributed by atoms with van der Waals surface area (Å²) in [6.07, 6.45) is 1.83. The fourth-order valence-corrected chi connectivity index (χ4v) is 5.47. The van der Waals surface area contributed by atoms with Crippen LogP contribution < -0.4 is 19.6 Å². The average molecular weight is 545 g/mol. The first-order chi connectivity index (χ1) is 18.4. The van der Waals surface area contributed by atoms with E-state index >= 15 is 0 Å². The molecule has 192 valence electrons. The quantitative estimate of drug-likeness (QED) is 0.306. The predicted molar refractivity (Wildman–Crippen MR) is 149 cm³/mol. The Morgan fingerprint density at radius 1 is 1.05 bits per heavy atom. The molecular formula is C30H25ClN2O4S. The van der Waals surface area contributed by atoms with Gasteiger partial charge in [-0.3, -0.25) is 9.36 Å². The van der Waals surface area contributed by atoms with Crippen LogP contribution in [0.4, 0.5) is 0 Å². The van der Waals surface area contributed by atoms with Gasteiger partial charge in [-0.2, -0.15) is 0 Å². The summed E-state index contributed by atoms with van der Waals surface area (Å²) in [5.41, 5.74) is 3.41. The SMILES string of the molecule is CCOC(=O)C1=C(C)N=c2sc(=Cc3ccc(OCc4ccc(Cl)cc4)cc3)c(=O)n2C1c1ccccc1. The highest BCUT2D eigenvalue weighted by Gasteiger charge is 2.33. The molecule has 1 aliphatic heterocycles. The van der Waals surface area contributed by atoms with E-state index in [-0.39, 0.29) is 12.2 Å². The molecule has 1 atom stereocenters. The maximum Gasteiger partial charge on any atom is 0.338 e. The minimum Gasteiger partial charge on any atom is -0.489 e. The third-order valence-corrected chi connectivity index (χ3v) is 7.36. The second-order valence-corrected chi connectivity index (χ2v) is 10.1. The summed E-state index contributed by atoms with van der Waals surface area (Å²) in [5, 5.41) is 0.686. The van der Waals surface area contributed by atoms with Gasteiger partial charge in [0.2, 0.25) is 0 Å². The van der Waals surface area contributed by atoms with E-state index in [4.69, 9.17) is 21.1 Å². The standard InChI is InChI=1S/C30H25ClN2O4S/c1-3-36-29(35)26-19(2)32-30-33(27(26)22-7-5-4-6-8-22)28(34)25(38-30)17-20-11-15-24(16-12-20)37-18-21-9-13-23(31)14-10-21/h4-17,27H,3,18H2,1-2H3. The molecule has 1 unspecified atom stereocenters. The Balaban J connectivity index is 1.47. The maximum atomic E-state index is 13.7. The number of halogens is 1. The van der Waals surface area contributed by atoms with Gasteiger partial charge in [-0.1, -0.05) is 77.5 Å². The van der Waals surface area contributed by atoms with Crippen molar-refractivity contribution >= 4 is 35.0 Å². The number of benzene rings is 3. The van der Waals surface area contributed by atoms with Crippen LogP contribution in [0.3, 0.4) is 0 Å². The number of hydrogen-bond acceptors (Lipinski definition) is 6. The third-order valence-electron chi connectivity index (χ3n) is 6.13. The monoisotopic (exact) mass is 544 g/mol. The van der Waals surface area contributed by atoms with E-state index < -0.39 is 12.0 Å². The van der Waals surface area contributed by atoms with Crippen molar-refractivity contribution in [1.82, 2.24) is 4.57 Å². The van der Waals surface area contributed by atoms with Gasteiger partial charge >= 0.3 is 5.97 Å². The van der Waals surface area contributed by atoms with Gasteiger partial charge in [0.1, 0.15) is 12.4 Å². The predicted octanol–water partition coefficient (Wildman–Crippen LogP) is 5.03. The van der Waals surface area contributed by atoms with Crippen molar-refractivity contribution < 1.29 is 14.3 Å². The number of rotatable bonds is 7. The number of hydrogen-bond donors (Lipinski definition) is 0. The van der Waals surface area contributed by atoms with E-state index in [0.29, 0.717) is 32.2 Å². The van der Waals surface area contributed by atoms with Crippen LogP contribution in [0, 0.1) is 0 Å². The van der Waals surface area contributed by atoms with Gasteiger partial charge in [-0.15, -0.1) is 0 Å². The number of aromatic nitrogens is 1. The van der Waals surface area contributed by atoms with E-state index in [1.54, 1.807) is 18.4 Å². The van der Waals surface area contributed by atoms with Crippen LogP contribution in [0.5, 0.6) is 5.75 Å². The molecule has 5 rings (SSSR count). The zero-order valence-electron chi connectivity index (χ0n) is 20.9. The molecule has 0 aliphatic carbocycles. The van der Waals surface area contributed by atoms with Crippen molar-refractivity contribution in [2.45, 2.75) is 26.5 Å². The van der Waals surface area contributed by atoms with Crippen molar-refractivity contribution in [2.75, 3.05) is 6.61 Å². The Kier molecular flexibility index (Phi) is 7.58. The minimum absolute atomic E-state index is 0.208. The van der Waals surface area contributed by atoms with E-state index in [9.17, 15) is 9.59 Å². The highest BCUT2D eigenvalue weighted by Crippen LogP contribution is 2.30. The smallest absolute Gasteiger partial charge is 0.338 e. The van der Waals surface area contributed by atoms with Crippen LogP contribution in [0.25, 0.3) is 6.08 Å². The Labute approximate surface area is 228 Å². The fraction of sp³-hybridized carbons (Fsp3) is 0.167. The van der Waals surface area contributed by atoms with Gasteiger partial charge in [-0.05, 0) is 60.9 Å². The van der Waals surface area contributed by atoms with E-state index in [2.05, 4.69) is 4.99 Å². The third kappa shape index (κ3) is 5.35. The Hall–Kier alpha value is -3.94. The Morgan fingerprint density at radius 3 is 2.45 bits per heavy atom. The fourth-order valence-electron chi connectivity index (χ4n) is 4.30. The van der Waals surface area contributed by atoms with Crippen LogP contribution in [0.15, 0.2) is 99.9 Å². The molecule has 1 aliphatic rings. The van der Waals surface area contributed by atoms with Gasteiger partial charge in [0.15, 0.2) is 4.80 Å². The zero-order chi connectivity index (χ0) is 26.6. The van der Waals surface area contributed by atoms with Crippen LogP contribution in [-0.4, -0.2) is 17.1 Å². The molecular weight excluding hydrogens is 520 g/mol. The van der Waals surface area contributed by atoms with Crippen molar-refractivity contribution in [3.05, 3.63) is 132 Å². The Bertz CT molecular complexity index is 1670. The summed E-state index contributed by atoms with van der Waals surface area (Å²) >= 11 is 7.24. The summed E-state index contributed by atoms with van der Waals surface area (Å²) in [6, 6.07) is 23.9. The van der Waals surface area contributed by atoms with E-state index in [1.165, 1.54) is 11.3 Å². The molecule has 0 spiro atoms. The lowest BCUT2D eigenvalue weighted by Gasteiger charge is -2.24. The van der Waals surface area contributed by atoms with E-state index in [0.717, 1.165) is 22.4 Å². The maximum absolute atomic E-state index is 13.7. The molecule has 0 saturated carbocycles. The van der Waals surface area contributed by atoms with Gasteiger partial charge in [0.05, 0.1) is 28.5 Å². The van der Waals surface area contributed by atoms with Crippen LogP contribution in [0.1, 0.15) is 36.6 Å². The molecule has 0 amide bonds. The number of nitrogens with zero attached hydrogens (tertiary/aromatic N) is 2. The zero-order valence-corrected chi connectivity index (χ0v) is 22.5. The van der Waals surface area contributed by atoms with Crippen LogP contribution in [-0.2, 0) is 16.1 Å². The summed E-state index contributed by atoms with van der Waals surface area (Å²) in [4.78, 5) is 31.7. The molecule has 4 aromatic rings. The van der Waals surface area contributed by atoms with Crippen LogP contribution >= 0.6 is 22.9 Å². The molecule has 0 N–H and O–H groups in total. The number of ether oxygens (including phenoxy) is 2. The van der Waals surface area contributed by atoms with Gasteiger partial charge in [-0.25, -0.2) is 9.79 Å². The van der Waals surface area contributed by atoms with Crippen molar-refractivity contribution in [1.29, 1.82) is 0 Å². The summed E-state index contributed by atoms with van der Waals surface area (Å²) in [6.45, 7) is 4.20. The first-order valence-electron chi connectivity index (χ1n) is 12.2. The number of esters is 1. The second kappa shape index (κ2) is 11.2. The minimum atomic E-state index is -0.614. The first kappa shape index (κ1) is 25.7. The highest BCUT2D eigenvalue weighted by molar-refractivity contribution is 7.07. The summed E-state index contributed by atoms with van der Waals surface area (Å²) < 4.78 is 13.3. The topological polar surface area (TPSA) is 69.9 Å². The molecule has 38 heavy (non-hydrogen) atoms. The molecule has 8 heteroatoms. The summed E-state index contributed by atoms with van der Waals surface area (Å²) in [5.74, 6) is 0.253. The normalized spacial score (nSPS) is 15.1. The molecule has 0 saturated heterocycles. The molecule has 0 radical (unpaired) electrons. The molecule has 2 heterocycles. The van der Waals surface area contributed by atoms with Crippen molar-refractivity contribution in [2.24, 2.45) is 4.99 Å². The number of allylic oxidation sites excluding steroid dienone is 1. The summed E-state index contributed by atoms with van der Waals surface area (Å²) in [7, 11) is 0. The average Bonchev–Trinajstić information content (AvgIpc) is 3.23. The molecule has 1 aromatic heterocycles. The number of fused-ring (bicyclic) bond motifs is 1. The largest absolute Gasteiger partial charge is 0.489 e. The molecule has 6 nitrogen and oxygen atoms in total.